The fraction of sp³-hybridized carbons (Fsp3) is 0.611. The summed E-state index contributed by atoms with van der Waals surface area (Å²) >= 11 is 3.89. The lowest BCUT2D eigenvalue weighted by Crippen LogP contribution is -2.74. The molecule has 4 N–H and O–H groups in total. The van der Waals surface area contributed by atoms with Crippen LogP contribution in [-0.4, -0.2) is 108 Å². The number of carboxylic acids is 1. The van der Waals surface area contributed by atoms with E-state index in [1.54, 1.807) is 10.1 Å². The molecule has 13 nitrogen and oxygen atoms in total. The number of fused-ring (bicyclic) bond motifs is 1. The van der Waals surface area contributed by atoms with E-state index in [2.05, 4.69) is 25.8 Å². The molecule has 0 radical (unpaired) electrons. The van der Waals surface area contributed by atoms with Gasteiger partial charge < -0.3 is 26.0 Å². The van der Waals surface area contributed by atoms with E-state index in [0.717, 1.165) is 6.54 Å². The summed E-state index contributed by atoms with van der Waals surface area (Å²) in [6, 6.07) is -0.675. The summed E-state index contributed by atoms with van der Waals surface area (Å²) in [5.74, 6) is -1.05. The fourth-order valence-corrected chi connectivity index (χ4v) is 6.96. The Balaban J connectivity index is 1.35. The highest BCUT2D eigenvalue weighted by Gasteiger charge is 2.57. The van der Waals surface area contributed by atoms with Gasteiger partial charge in [0, 0.05) is 30.0 Å². The molecule has 2 fully saturated rings. The quantitative estimate of drug-likeness (QED) is 0.257. The number of hydrogen-bond donors (Lipinski definition) is 3. The number of aliphatic carboxylic acids is 1. The highest BCUT2D eigenvalue weighted by atomic mass is 32.2. The number of nitrogens with zero attached hydrogens (tertiary/aromatic N) is 7. The number of β-lactam (4-membered cyclic amide) rings is 1. The number of amides is 2. The molecule has 2 unspecified atom stereocenters. The van der Waals surface area contributed by atoms with Crippen molar-refractivity contribution in [3.05, 3.63) is 11.1 Å². The zero-order chi connectivity index (χ0) is 24.5. The number of nitrogens with one attached hydrogen (secondary N) is 1. The molecule has 0 aromatic carbocycles. The van der Waals surface area contributed by atoms with Crippen molar-refractivity contribution in [2.75, 3.05) is 44.4 Å². The minimum Gasteiger partial charge on any atom is -0.481 e. The molecule has 2 aliphatic heterocycles. The second kappa shape index (κ2) is 10.1. The molecule has 0 spiro atoms. The summed E-state index contributed by atoms with van der Waals surface area (Å²) < 4.78 is 1.65. The third-order valence-electron chi connectivity index (χ3n) is 5.56. The van der Waals surface area contributed by atoms with E-state index >= 15 is 0 Å². The Morgan fingerprint density at radius 1 is 1.44 bits per heavy atom. The average molecular weight is 528 g/mol. The van der Waals surface area contributed by atoms with Crippen molar-refractivity contribution in [2.45, 2.75) is 29.5 Å². The van der Waals surface area contributed by atoms with E-state index in [4.69, 9.17) is 5.73 Å². The molecule has 4 rings (SSSR count). The smallest absolute Gasteiger partial charge is 0.313 e. The number of rotatable bonds is 10. The summed E-state index contributed by atoms with van der Waals surface area (Å²) in [5, 5.41) is 26.8. The van der Waals surface area contributed by atoms with E-state index in [9.17, 15) is 19.5 Å². The summed E-state index contributed by atoms with van der Waals surface area (Å²) in [5.41, 5.74) is 5.00. The highest BCUT2D eigenvalue weighted by Crippen LogP contribution is 2.44. The molecule has 2 amide bonds. The van der Waals surface area contributed by atoms with Gasteiger partial charge in [-0.25, -0.2) is 9.67 Å². The van der Waals surface area contributed by atoms with Crippen molar-refractivity contribution < 1.29 is 19.5 Å². The Labute approximate surface area is 207 Å². The molecule has 2 aromatic heterocycles. The van der Waals surface area contributed by atoms with Crippen LogP contribution in [0.3, 0.4) is 0 Å². The number of hydrogen-bond acceptors (Lipinski definition) is 12. The lowest BCUT2D eigenvalue weighted by molar-refractivity contribution is -0.157. The first-order chi connectivity index (χ1) is 16.2. The van der Waals surface area contributed by atoms with E-state index in [0.29, 0.717) is 28.3 Å². The van der Waals surface area contributed by atoms with Gasteiger partial charge in [0.1, 0.15) is 16.8 Å². The van der Waals surface area contributed by atoms with Gasteiger partial charge in [-0.1, -0.05) is 11.8 Å². The van der Waals surface area contributed by atoms with Crippen molar-refractivity contribution in [3.8, 4) is 0 Å². The van der Waals surface area contributed by atoms with Crippen LogP contribution in [0.2, 0.25) is 0 Å². The number of thiazole rings is 1. The summed E-state index contributed by atoms with van der Waals surface area (Å²) in [7, 11) is 3.89. The third-order valence-corrected chi connectivity index (χ3v) is 9.12. The van der Waals surface area contributed by atoms with Crippen LogP contribution >= 0.6 is 34.9 Å². The number of nitrogens with two attached hydrogens (primary N) is 1. The first-order valence-electron chi connectivity index (χ1n) is 10.4. The molecule has 16 heteroatoms. The maximum absolute atomic E-state index is 12.8. The topological polar surface area (TPSA) is 172 Å². The average Bonchev–Trinajstić information content (AvgIpc) is 3.42. The molecular weight excluding hydrogens is 502 g/mol. The zero-order valence-corrected chi connectivity index (χ0v) is 21.0. The highest BCUT2D eigenvalue weighted by molar-refractivity contribution is 8.00. The monoisotopic (exact) mass is 527 g/mol. The number of tetrazole rings is 1. The van der Waals surface area contributed by atoms with Crippen LogP contribution < -0.4 is 11.1 Å². The molecule has 2 saturated heterocycles. The van der Waals surface area contributed by atoms with E-state index in [1.807, 2.05) is 19.0 Å². The Morgan fingerprint density at radius 2 is 2.24 bits per heavy atom. The predicted octanol–water partition coefficient (Wildman–Crippen LogP) is -0.921. The van der Waals surface area contributed by atoms with Crippen LogP contribution in [0.15, 0.2) is 10.5 Å². The lowest BCUT2D eigenvalue weighted by Gasteiger charge is -2.53. The summed E-state index contributed by atoms with van der Waals surface area (Å²) in [4.78, 5) is 45.0. The first-order valence-corrected chi connectivity index (χ1v) is 13.3. The van der Waals surface area contributed by atoms with Crippen molar-refractivity contribution in [2.24, 2.45) is 5.41 Å². The molecule has 184 valence electrons. The largest absolute Gasteiger partial charge is 0.481 e. The minimum absolute atomic E-state index is 0.0348. The van der Waals surface area contributed by atoms with Gasteiger partial charge in [-0.05, 0) is 24.5 Å². The Bertz CT molecular complexity index is 1080. The minimum atomic E-state index is -1.15. The van der Waals surface area contributed by atoms with Gasteiger partial charge in [-0.15, -0.1) is 28.2 Å². The van der Waals surface area contributed by atoms with Gasteiger partial charge in [0.05, 0.1) is 18.7 Å². The van der Waals surface area contributed by atoms with Crippen LogP contribution in [0.4, 0.5) is 5.13 Å². The van der Waals surface area contributed by atoms with Gasteiger partial charge in [0.25, 0.3) is 0 Å². The molecule has 0 aliphatic carbocycles. The molecule has 0 bridgehead atoms. The number of carboxylic acid groups (broad SMARTS) is 1. The second-order valence-electron chi connectivity index (χ2n) is 8.43. The molecule has 34 heavy (non-hydrogen) atoms. The standard InChI is InChI=1S/C18H25N9O4S3/c1-25(2)3-4-27-17(22-23-24-27)34-9-18(15(30)31)7-26-13(29)12(14(26)33-8-18)21-11(28)5-10-6-32-16(19)20-10/h6,12,14H,3-5,7-9H2,1-2H3,(H2,19,20)(H,21,28)(H,30,31)/t12?,14-,18?/m1/s1. The van der Waals surface area contributed by atoms with Crippen molar-refractivity contribution in [3.63, 3.8) is 0 Å². The van der Waals surface area contributed by atoms with Gasteiger partial charge >= 0.3 is 5.97 Å². The number of carbonyl (C=O) groups excluding carboxylic acids is 2. The zero-order valence-electron chi connectivity index (χ0n) is 18.6. The normalized spacial score (nSPS) is 24.1. The molecular formula is C18H25N9O4S3. The van der Waals surface area contributed by atoms with Crippen LogP contribution in [-0.2, 0) is 27.3 Å². The number of carbonyl (C=O) groups is 3. The van der Waals surface area contributed by atoms with Crippen LogP contribution in [0, 0.1) is 5.41 Å². The van der Waals surface area contributed by atoms with Crippen molar-refractivity contribution in [1.29, 1.82) is 0 Å². The van der Waals surface area contributed by atoms with Crippen LogP contribution in [0.5, 0.6) is 0 Å². The number of aromatic nitrogens is 5. The second-order valence-corrected chi connectivity index (χ2v) is 11.4. The van der Waals surface area contributed by atoms with Crippen LogP contribution in [0.25, 0.3) is 0 Å². The van der Waals surface area contributed by atoms with Crippen molar-refractivity contribution in [1.82, 2.24) is 40.3 Å². The SMILES string of the molecule is CN(C)CCn1nnnc1SCC1(C(=O)O)CS[C@@H]2C(NC(=O)Cc3csc(N)n3)C(=O)N2C1. The number of nitrogen functional groups attached to an aromatic ring is 1. The maximum Gasteiger partial charge on any atom is 0.313 e. The Kier molecular flexibility index (Phi) is 7.30. The number of thioether (sulfide) groups is 2. The number of anilines is 1. The lowest BCUT2D eigenvalue weighted by atomic mass is 9.89. The molecule has 4 heterocycles. The first kappa shape index (κ1) is 24.7. The molecule has 2 aliphatic rings. The van der Waals surface area contributed by atoms with E-state index in [-0.39, 0.29) is 35.9 Å². The summed E-state index contributed by atoms with van der Waals surface area (Å²) in [6.45, 7) is 1.39. The fourth-order valence-electron chi connectivity index (χ4n) is 3.64. The molecule has 3 atom stereocenters. The third kappa shape index (κ3) is 5.13. The van der Waals surface area contributed by atoms with Gasteiger partial charge in [0.2, 0.25) is 17.0 Å². The Morgan fingerprint density at radius 3 is 2.91 bits per heavy atom. The van der Waals surface area contributed by atoms with Gasteiger partial charge in [0.15, 0.2) is 5.13 Å². The van der Waals surface area contributed by atoms with E-state index < -0.39 is 17.4 Å². The van der Waals surface area contributed by atoms with Crippen LogP contribution in [0.1, 0.15) is 5.69 Å². The number of likely N-dealkylation sites (N-methyl/N-ethyl adjacent to an activating group) is 1. The van der Waals surface area contributed by atoms with Crippen molar-refractivity contribution >= 4 is 57.8 Å². The molecule has 0 saturated carbocycles. The van der Waals surface area contributed by atoms with Gasteiger partial charge in [-0.3, -0.25) is 14.4 Å². The Hall–Kier alpha value is -2.43. The van der Waals surface area contributed by atoms with E-state index in [1.165, 1.54) is 39.8 Å². The molecule has 2 aromatic rings. The summed E-state index contributed by atoms with van der Waals surface area (Å²) in [6.07, 6.45) is 0.0348. The predicted molar refractivity (Wildman–Crippen MR) is 127 cm³/mol. The maximum atomic E-state index is 12.8. The van der Waals surface area contributed by atoms with Gasteiger partial charge in [-0.2, -0.15) is 0 Å².